The second-order valence-electron chi connectivity index (χ2n) is 4.39. The topological polar surface area (TPSA) is 85.1 Å². The zero-order valence-electron chi connectivity index (χ0n) is 11.0. The van der Waals surface area contributed by atoms with E-state index in [9.17, 15) is 8.42 Å². The lowest BCUT2D eigenvalue weighted by Crippen LogP contribution is -2.16. The van der Waals surface area contributed by atoms with Crippen molar-refractivity contribution in [3.05, 3.63) is 46.1 Å². The lowest BCUT2D eigenvalue weighted by atomic mass is 10.2. The van der Waals surface area contributed by atoms with Crippen molar-refractivity contribution < 1.29 is 8.42 Å². The molecule has 3 N–H and O–H groups in total. The van der Waals surface area contributed by atoms with Crippen LogP contribution in [0.15, 0.2) is 39.8 Å². The summed E-state index contributed by atoms with van der Waals surface area (Å²) < 4.78 is 28.0. The molecule has 0 fully saturated rings. The SMILES string of the molecule is Cc1cccnc1NS(=O)(=O)c1cc(Br)cc(N)c1C. The van der Waals surface area contributed by atoms with Crippen LogP contribution in [0.5, 0.6) is 0 Å². The zero-order valence-corrected chi connectivity index (χ0v) is 13.4. The fourth-order valence-electron chi connectivity index (χ4n) is 1.73. The molecule has 1 aromatic heterocycles. The first-order valence-corrected chi connectivity index (χ1v) is 8.09. The van der Waals surface area contributed by atoms with Gasteiger partial charge in [0.15, 0.2) is 0 Å². The molecule has 2 aromatic rings. The molecule has 1 heterocycles. The van der Waals surface area contributed by atoms with Crippen LogP contribution >= 0.6 is 15.9 Å². The number of nitrogen functional groups attached to an aromatic ring is 1. The predicted octanol–water partition coefficient (Wildman–Crippen LogP) is 2.84. The molecule has 7 heteroatoms. The van der Waals surface area contributed by atoms with Crippen molar-refractivity contribution in [2.45, 2.75) is 18.7 Å². The molecule has 0 bridgehead atoms. The summed E-state index contributed by atoms with van der Waals surface area (Å²) in [5.74, 6) is 0.311. The van der Waals surface area contributed by atoms with Gasteiger partial charge in [-0.1, -0.05) is 22.0 Å². The fourth-order valence-corrected chi connectivity index (χ4v) is 3.74. The number of nitrogens with zero attached hydrogens (tertiary/aromatic N) is 1. The van der Waals surface area contributed by atoms with E-state index >= 15 is 0 Å². The molecule has 0 aliphatic heterocycles. The Morgan fingerprint density at radius 3 is 2.65 bits per heavy atom. The van der Waals surface area contributed by atoms with Gasteiger partial charge in [0.2, 0.25) is 0 Å². The van der Waals surface area contributed by atoms with E-state index in [2.05, 4.69) is 25.6 Å². The summed E-state index contributed by atoms with van der Waals surface area (Å²) in [7, 11) is -3.73. The highest BCUT2D eigenvalue weighted by molar-refractivity contribution is 9.10. The van der Waals surface area contributed by atoms with Gasteiger partial charge in [0.05, 0.1) is 4.90 Å². The van der Waals surface area contributed by atoms with Crippen LogP contribution in [0.2, 0.25) is 0 Å². The van der Waals surface area contributed by atoms with Crippen molar-refractivity contribution in [1.82, 2.24) is 4.98 Å². The first-order valence-electron chi connectivity index (χ1n) is 5.81. The van der Waals surface area contributed by atoms with E-state index in [0.717, 1.165) is 5.56 Å². The van der Waals surface area contributed by atoms with Gasteiger partial charge in [-0.2, -0.15) is 0 Å². The summed E-state index contributed by atoms with van der Waals surface area (Å²) in [6.07, 6.45) is 1.53. The molecular formula is C13H14BrN3O2S. The molecule has 0 spiro atoms. The number of sulfonamides is 1. The Morgan fingerprint density at radius 2 is 2.00 bits per heavy atom. The smallest absolute Gasteiger partial charge is 0.263 e. The summed E-state index contributed by atoms with van der Waals surface area (Å²) in [5, 5.41) is 0. The minimum absolute atomic E-state index is 0.134. The van der Waals surface area contributed by atoms with E-state index < -0.39 is 10.0 Å². The first-order chi connectivity index (χ1) is 9.31. The summed E-state index contributed by atoms with van der Waals surface area (Å²) in [5.41, 5.74) is 7.47. The number of hydrogen-bond acceptors (Lipinski definition) is 4. The maximum Gasteiger partial charge on any atom is 0.263 e. The van der Waals surface area contributed by atoms with Crippen molar-refractivity contribution in [1.29, 1.82) is 0 Å². The van der Waals surface area contributed by atoms with Crippen LogP contribution in [0.4, 0.5) is 11.5 Å². The quantitative estimate of drug-likeness (QED) is 0.829. The third-order valence-corrected chi connectivity index (χ3v) is 4.82. The van der Waals surface area contributed by atoms with Crippen molar-refractivity contribution in [2.24, 2.45) is 0 Å². The number of nitrogens with two attached hydrogens (primary N) is 1. The van der Waals surface area contributed by atoms with Crippen molar-refractivity contribution in [2.75, 3.05) is 10.5 Å². The second kappa shape index (κ2) is 5.41. The van der Waals surface area contributed by atoms with Gasteiger partial charge in [0.1, 0.15) is 5.82 Å². The normalized spacial score (nSPS) is 11.3. The Bertz CT molecular complexity index is 760. The molecule has 0 radical (unpaired) electrons. The molecule has 0 saturated carbocycles. The highest BCUT2D eigenvalue weighted by Crippen LogP contribution is 2.27. The van der Waals surface area contributed by atoms with Crippen LogP contribution in [0.1, 0.15) is 11.1 Å². The van der Waals surface area contributed by atoms with Crippen LogP contribution in [-0.4, -0.2) is 13.4 Å². The maximum absolute atomic E-state index is 12.5. The Hall–Kier alpha value is -1.60. The van der Waals surface area contributed by atoms with Crippen molar-refractivity contribution in [3.63, 3.8) is 0 Å². The molecule has 0 atom stereocenters. The summed E-state index contributed by atoms with van der Waals surface area (Å²) >= 11 is 3.25. The van der Waals surface area contributed by atoms with E-state index in [4.69, 9.17) is 5.73 Å². The standard InChI is InChI=1S/C13H14BrN3O2S/c1-8-4-3-5-16-13(8)17-20(18,19)12-7-10(14)6-11(15)9(12)2/h3-7H,15H2,1-2H3,(H,16,17). The lowest BCUT2D eigenvalue weighted by molar-refractivity contribution is 0.600. The number of pyridine rings is 1. The van der Waals surface area contributed by atoms with E-state index in [0.29, 0.717) is 21.5 Å². The second-order valence-corrected chi connectivity index (χ2v) is 6.96. The number of halogens is 1. The number of hydrogen-bond donors (Lipinski definition) is 2. The molecule has 0 amide bonds. The monoisotopic (exact) mass is 355 g/mol. The first kappa shape index (κ1) is 14.8. The molecular weight excluding hydrogens is 342 g/mol. The molecule has 1 aromatic carbocycles. The third kappa shape index (κ3) is 2.94. The lowest BCUT2D eigenvalue weighted by Gasteiger charge is -2.13. The number of benzene rings is 1. The number of nitrogens with one attached hydrogen (secondary N) is 1. The van der Waals surface area contributed by atoms with E-state index in [1.165, 1.54) is 12.3 Å². The van der Waals surface area contributed by atoms with Crippen LogP contribution in [-0.2, 0) is 10.0 Å². The van der Waals surface area contributed by atoms with E-state index in [-0.39, 0.29) is 4.90 Å². The Morgan fingerprint density at radius 1 is 1.30 bits per heavy atom. The molecule has 0 unspecified atom stereocenters. The zero-order chi connectivity index (χ0) is 14.9. The minimum atomic E-state index is -3.73. The van der Waals surface area contributed by atoms with Crippen molar-refractivity contribution >= 4 is 37.5 Å². The van der Waals surface area contributed by atoms with Crippen LogP contribution in [0, 0.1) is 13.8 Å². The molecule has 0 aliphatic rings. The molecule has 20 heavy (non-hydrogen) atoms. The third-order valence-electron chi connectivity index (χ3n) is 2.89. The Labute approximate surface area is 126 Å². The largest absolute Gasteiger partial charge is 0.398 e. The van der Waals surface area contributed by atoms with Gasteiger partial charge in [0.25, 0.3) is 10.0 Å². The van der Waals surface area contributed by atoms with Gasteiger partial charge in [-0.15, -0.1) is 0 Å². The molecule has 0 aliphatic carbocycles. The van der Waals surface area contributed by atoms with Gasteiger partial charge >= 0.3 is 0 Å². The van der Waals surface area contributed by atoms with Gasteiger partial charge < -0.3 is 5.73 Å². The van der Waals surface area contributed by atoms with Gasteiger partial charge in [0, 0.05) is 16.4 Å². The average Bonchev–Trinajstić information content (AvgIpc) is 2.36. The summed E-state index contributed by atoms with van der Waals surface area (Å²) in [6, 6.07) is 6.72. The van der Waals surface area contributed by atoms with Gasteiger partial charge in [-0.3, -0.25) is 4.72 Å². The molecule has 106 valence electrons. The molecule has 0 saturated heterocycles. The average molecular weight is 356 g/mol. The van der Waals surface area contributed by atoms with Crippen LogP contribution in [0.25, 0.3) is 0 Å². The van der Waals surface area contributed by atoms with Gasteiger partial charge in [-0.25, -0.2) is 13.4 Å². The Balaban J connectivity index is 2.49. The summed E-state index contributed by atoms with van der Waals surface area (Å²) in [4.78, 5) is 4.16. The minimum Gasteiger partial charge on any atom is -0.398 e. The highest BCUT2D eigenvalue weighted by Gasteiger charge is 2.20. The van der Waals surface area contributed by atoms with E-state index in [1.807, 2.05) is 0 Å². The van der Waals surface area contributed by atoms with Crippen LogP contribution < -0.4 is 10.5 Å². The highest BCUT2D eigenvalue weighted by atomic mass is 79.9. The number of aromatic nitrogens is 1. The van der Waals surface area contributed by atoms with Crippen LogP contribution in [0.3, 0.4) is 0 Å². The molecule has 2 rings (SSSR count). The van der Waals surface area contributed by atoms with Gasteiger partial charge in [-0.05, 0) is 43.2 Å². The van der Waals surface area contributed by atoms with E-state index in [1.54, 1.807) is 32.0 Å². The maximum atomic E-state index is 12.5. The number of aryl methyl sites for hydroxylation is 1. The molecule has 5 nitrogen and oxygen atoms in total. The van der Waals surface area contributed by atoms with Crippen molar-refractivity contribution in [3.8, 4) is 0 Å². The predicted molar refractivity (Wildman–Crippen MR) is 83.1 cm³/mol. The fraction of sp³-hybridized carbons (Fsp3) is 0.154. The number of anilines is 2. The Kier molecular flexibility index (Phi) is 4.01. The summed E-state index contributed by atoms with van der Waals surface area (Å²) in [6.45, 7) is 3.45. The number of rotatable bonds is 3.